The SMILES string of the molecule is CCOC(=O)c1cc(C)n(CC(=O)OCC(=O)Nc2ccc(OC)cc2OC)c1C. The first-order valence-corrected chi connectivity index (χ1v) is 9.32. The molecule has 0 radical (unpaired) electrons. The van der Waals surface area contributed by atoms with Crippen molar-refractivity contribution in [2.24, 2.45) is 0 Å². The number of benzene rings is 1. The van der Waals surface area contributed by atoms with Crippen LogP contribution in [0.25, 0.3) is 0 Å². The predicted molar refractivity (Wildman–Crippen MR) is 109 cm³/mol. The van der Waals surface area contributed by atoms with Gasteiger partial charge in [0.1, 0.15) is 18.0 Å². The van der Waals surface area contributed by atoms with E-state index < -0.39 is 24.5 Å². The molecule has 1 aromatic heterocycles. The van der Waals surface area contributed by atoms with Gasteiger partial charge in [0.25, 0.3) is 5.91 Å². The average Bonchev–Trinajstić information content (AvgIpc) is 3.01. The summed E-state index contributed by atoms with van der Waals surface area (Å²) in [7, 11) is 2.99. The molecular weight excluding hydrogens is 392 g/mol. The maximum Gasteiger partial charge on any atom is 0.339 e. The first-order chi connectivity index (χ1) is 14.3. The number of carbonyl (C=O) groups excluding carboxylic acids is 3. The molecule has 0 aliphatic heterocycles. The van der Waals surface area contributed by atoms with E-state index in [2.05, 4.69) is 5.32 Å². The number of nitrogens with one attached hydrogen (secondary N) is 1. The third kappa shape index (κ3) is 5.53. The molecule has 1 amide bonds. The first-order valence-electron chi connectivity index (χ1n) is 9.32. The number of nitrogens with zero attached hydrogens (tertiary/aromatic N) is 1. The standard InChI is InChI=1S/C21H26N2O7/c1-6-29-21(26)16-9-13(2)23(14(16)3)11-20(25)30-12-19(24)22-17-8-7-15(27-4)10-18(17)28-5/h7-10H,6,11-12H2,1-5H3,(H,22,24). The van der Waals surface area contributed by atoms with Gasteiger partial charge in [0.15, 0.2) is 6.61 Å². The lowest BCUT2D eigenvalue weighted by molar-refractivity contribution is -0.147. The highest BCUT2D eigenvalue weighted by Gasteiger charge is 2.19. The van der Waals surface area contributed by atoms with Crippen molar-refractivity contribution in [2.45, 2.75) is 27.3 Å². The number of amides is 1. The molecule has 0 fully saturated rings. The van der Waals surface area contributed by atoms with Crippen molar-refractivity contribution >= 4 is 23.5 Å². The lowest BCUT2D eigenvalue weighted by Gasteiger charge is -2.12. The maximum atomic E-state index is 12.2. The predicted octanol–water partition coefficient (Wildman–Crippen LogP) is 2.48. The van der Waals surface area contributed by atoms with Crippen molar-refractivity contribution in [2.75, 3.05) is 32.8 Å². The fourth-order valence-electron chi connectivity index (χ4n) is 2.87. The number of aromatic nitrogens is 1. The third-order valence-corrected chi connectivity index (χ3v) is 4.40. The summed E-state index contributed by atoms with van der Waals surface area (Å²) in [6.07, 6.45) is 0. The Hall–Kier alpha value is -3.49. The number of hydrogen-bond acceptors (Lipinski definition) is 7. The fourth-order valence-corrected chi connectivity index (χ4v) is 2.87. The van der Waals surface area contributed by atoms with E-state index in [0.717, 1.165) is 0 Å². The number of anilines is 1. The molecule has 2 rings (SSSR count). The van der Waals surface area contributed by atoms with Crippen LogP contribution in [0.4, 0.5) is 5.69 Å². The summed E-state index contributed by atoms with van der Waals surface area (Å²) in [5.74, 6) is -0.572. The lowest BCUT2D eigenvalue weighted by atomic mass is 10.2. The van der Waals surface area contributed by atoms with Crippen LogP contribution in [0.2, 0.25) is 0 Å². The number of ether oxygens (including phenoxy) is 4. The van der Waals surface area contributed by atoms with Gasteiger partial charge in [-0.2, -0.15) is 0 Å². The second kappa shape index (κ2) is 10.3. The van der Waals surface area contributed by atoms with Crippen molar-refractivity contribution < 1.29 is 33.3 Å². The van der Waals surface area contributed by atoms with Crippen LogP contribution >= 0.6 is 0 Å². The van der Waals surface area contributed by atoms with E-state index in [0.29, 0.717) is 34.1 Å². The summed E-state index contributed by atoms with van der Waals surface area (Å²) in [6, 6.07) is 6.58. The van der Waals surface area contributed by atoms with Crippen LogP contribution in [0, 0.1) is 13.8 Å². The van der Waals surface area contributed by atoms with Crippen molar-refractivity contribution in [3.63, 3.8) is 0 Å². The summed E-state index contributed by atoms with van der Waals surface area (Å²) in [5.41, 5.74) is 2.12. The van der Waals surface area contributed by atoms with Gasteiger partial charge in [0.2, 0.25) is 0 Å². The number of hydrogen-bond donors (Lipinski definition) is 1. The van der Waals surface area contributed by atoms with Gasteiger partial charge in [0, 0.05) is 17.5 Å². The van der Waals surface area contributed by atoms with Crippen LogP contribution in [0.15, 0.2) is 24.3 Å². The fraction of sp³-hybridized carbons (Fsp3) is 0.381. The molecule has 9 heteroatoms. The molecule has 0 saturated heterocycles. The van der Waals surface area contributed by atoms with Crippen LogP contribution in [0.3, 0.4) is 0 Å². The van der Waals surface area contributed by atoms with Gasteiger partial charge in [-0.05, 0) is 39.0 Å². The van der Waals surface area contributed by atoms with E-state index >= 15 is 0 Å². The summed E-state index contributed by atoms with van der Waals surface area (Å²) < 4.78 is 22.0. The Kier molecular flexibility index (Phi) is 7.85. The molecule has 0 spiro atoms. The maximum absolute atomic E-state index is 12.2. The van der Waals surface area contributed by atoms with E-state index in [1.165, 1.54) is 14.2 Å². The smallest absolute Gasteiger partial charge is 0.339 e. The molecule has 0 aliphatic carbocycles. The minimum absolute atomic E-state index is 0.129. The highest BCUT2D eigenvalue weighted by molar-refractivity contribution is 5.94. The Balaban J connectivity index is 1.95. The summed E-state index contributed by atoms with van der Waals surface area (Å²) in [5, 5.41) is 2.62. The topological polar surface area (TPSA) is 105 Å². The quantitative estimate of drug-likeness (QED) is 0.624. The van der Waals surface area contributed by atoms with Gasteiger partial charge < -0.3 is 28.8 Å². The number of esters is 2. The van der Waals surface area contributed by atoms with E-state index in [1.54, 1.807) is 49.6 Å². The number of rotatable bonds is 9. The zero-order valence-corrected chi connectivity index (χ0v) is 17.7. The van der Waals surface area contributed by atoms with E-state index in [9.17, 15) is 14.4 Å². The zero-order chi connectivity index (χ0) is 22.3. The van der Waals surface area contributed by atoms with Gasteiger partial charge >= 0.3 is 11.9 Å². The molecule has 162 valence electrons. The lowest BCUT2D eigenvalue weighted by Crippen LogP contribution is -2.23. The molecule has 2 aromatic rings. The minimum Gasteiger partial charge on any atom is -0.497 e. The number of methoxy groups -OCH3 is 2. The largest absolute Gasteiger partial charge is 0.497 e. The Labute approximate surface area is 174 Å². The van der Waals surface area contributed by atoms with Crippen molar-refractivity contribution in [1.82, 2.24) is 4.57 Å². The molecule has 1 heterocycles. The van der Waals surface area contributed by atoms with E-state index in [1.807, 2.05) is 0 Å². The van der Waals surface area contributed by atoms with Crippen LogP contribution in [0.1, 0.15) is 28.7 Å². The van der Waals surface area contributed by atoms with Crippen LogP contribution in [0.5, 0.6) is 11.5 Å². The molecule has 30 heavy (non-hydrogen) atoms. The molecule has 1 aromatic carbocycles. The molecule has 0 unspecified atom stereocenters. The molecule has 0 atom stereocenters. The van der Waals surface area contributed by atoms with Gasteiger partial charge in [0.05, 0.1) is 32.1 Å². The molecule has 0 bridgehead atoms. The summed E-state index contributed by atoms with van der Waals surface area (Å²) >= 11 is 0. The number of aryl methyl sites for hydroxylation is 1. The average molecular weight is 418 g/mol. The van der Waals surface area contributed by atoms with Crippen LogP contribution < -0.4 is 14.8 Å². The second-order valence-electron chi connectivity index (χ2n) is 6.37. The van der Waals surface area contributed by atoms with Gasteiger partial charge in [-0.15, -0.1) is 0 Å². The van der Waals surface area contributed by atoms with Crippen molar-refractivity contribution in [3.05, 3.63) is 41.2 Å². The molecular formula is C21H26N2O7. The van der Waals surface area contributed by atoms with Crippen LogP contribution in [-0.4, -0.2) is 49.8 Å². The van der Waals surface area contributed by atoms with Gasteiger partial charge in [-0.25, -0.2) is 4.79 Å². The normalized spacial score (nSPS) is 10.3. The van der Waals surface area contributed by atoms with Gasteiger partial charge in [-0.3, -0.25) is 9.59 Å². The Morgan fingerprint density at radius 1 is 1.03 bits per heavy atom. The highest BCUT2D eigenvalue weighted by Crippen LogP contribution is 2.28. The highest BCUT2D eigenvalue weighted by atomic mass is 16.5. The van der Waals surface area contributed by atoms with Crippen molar-refractivity contribution in [1.29, 1.82) is 0 Å². The number of carbonyl (C=O) groups is 3. The zero-order valence-electron chi connectivity index (χ0n) is 17.7. The summed E-state index contributed by atoms with van der Waals surface area (Å²) in [6.45, 7) is 4.88. The molecule has 0 saturated carbocycles. The Morgan fingerprint density at radius 3 is 2.40 bits per heavy atom. The Morgan fingerprint density at radius 2 is 1.77 bits per heavy atom. The third-order valence-electron chi connectivity index (χ3n) is 4.40. The van der Waals surface area contributed by atoms with Gasteiger partial charge in [-0.1, -0.05) is 0 Å². The molecule has 0 aliphatic rings. The monoisotopic (exact) mass is 418 g/mol. The van der Waals surface area contributed by atoms with E-state index in [-0.39, 0.29) is 13.2 Å². The second-order valence-corrected chi connectivity index (χ2v) is 6.37. The van der Waals surface area contributed by atoms with Crippen molar-refractivity contribution in [3.8, 4) is 11.5 Å². The molecule has 1 N–H and O–H groups in total. The minimum atomic E-state index is -0.607. The summed E-state index contributed by atoms with van der Waals surface area (Å²) in [4.78, 5) is 36.3. The van der Waals surface area contributed by atoms with Crippen LogP contribution in [-0.2, 0) is 25.6 Å². The molecule has 9 nitrogen and oxygen atoms in total. The first kappa shape index (κ1) is 22.8. The Bertz CT molecular complexity index is 934. The van der Waals surface area contributed by atoms with E-state index in [4.69, 9.17) is 18.9 Å².